The number of aliphatic hydroxyl groups excluding tert-OH is 1. The molecule has 0 spiro atoms. The number of para-hydroxylation sites is 1. The maximum Gasteiger partial charge on any atom is 0.262 e. The van der Waals surface area contributed by atoms with Crippen LogP contribution in [0.3, 0.4) is 0 Å². The normalized spacial score (nSPS) is 16.8. The van der Waals surface area contributed by atoms with E-state index in [0.29, 0.717) is 34.9 Å². The Labute approximate surface area is 151 Å². The van der Waals surface area contributed by atoms with Crippen LogP contribution in [0.1, 0.15) is 0 Å². The van der Waals surface area contributed by atoms with Crippen LogP contribution in [0.15, 0.2) is 46.9 Å². The van der Waals surface area contributed by atoms with E-state index in [0.717, 1.165) is 26.3 Å². The van der Waals surface area contributed by atoms with Crippen LogP contribution in [0.25, 0.3) is 10.9 Å². The number of quaternary nitrogens is 1. The second kappa shape index (κ2) is 8.62. The van der Waals surface area contributed by atoms with Gasteiger partial charge >= 0.3 is 0 Å². The summed E-state index contributed by atoms with van der Waals surface area (Å²) in [5, 5.41) is 11.6. The van der Waals surface area contributed by atoms with E-state index in [1.165, 1.54) is 16.7 Å². The largest absolute Gasteiger partial charge is 0.386 e. The van der Waals surface area contributed by atoms with Crippen molar-refractivity contribution < 1.29 is 14.7 Å². The number of nitrogens with one attached hydrogen (secondary N) is 1. The number of thioether (sulfide) groups is 1. The fraction of sp³-hybridized carbons (Fsp3) is 0.444. The highest BCUT2D eigenvalue weighted by Gasteiger charge is 2.19. The van der Waals surface area contributed by atoms with Gasteiger partial charge in [-0.15, -0.1) is 6.58 Å². The molecular weight excluding hydrogens is 338 g/mol. The van der Waals surface area contributed by atoms with Crippen molar-refractivity contribution in [1.82, 2.24) is 9.55 Å². The third-order valence-corrected chi connectivity index (χ3v) is 5.39. The van der Waals surface area contributed by atoms with Gasteiger partial charge in [-0.3, -0.25) is 9.36 Å². The lowest BCUT2D eigenvalue weighted by molar-refractivity contribution is -0.910. The van der Waals surface area contributed by atoms with Crippen molar-refractivity contribution in [3.8, 4) is 0 Å². The minimum Gasteiger partial charge on any atom is -0.386 e. The average Bonchev–Trinajstić information content (AvgIpc) is 2.63. The Bertz CT molecular complexity index is 787. The molecule has 1 aliphatic heterocycles. The second-order valence-corrected chi connectivity index (χ2v) is 7.13. The second-order valence-electron chi connectivity index (χ2n) is 6.15. The molecule has 1 atom stereocenters. The molecule has 1 aromatic carbocycles. The van der Waals surface area contributed by atoms with E-state index in [9.17, 15) is 9.90 Å². The summed E-state index contributed by atoms with van der Waals surface area (Å²) in [6, 6.07) is 7.34. The summed E-state index contributed by atoms with van der Waals surface area (Å²) < 4.78 is 6.96. The molecule has 0 radical (unpaired) electrons. The number of hydrogen-bond donors (Lipinski definition) is 2. The summed E-state index contributed by atoms with van der Waals surface area (Å²) in [7, 11) is 0. The van der Waals surface area contributed by atoms with E-state index in [2.05, 4.69) is 11.6 Å². The van der Waals surface area contributed by atoms with E-state index >= 15 is 0 Å². The summed E-state index contributed by atoms with van der Waals surface area (Å²) in [5.41, 5.74) is 0.616. The van der Waals surface area contributed by atoms with Crippen molar-refractivity contribution in [2.75, 3.05) is 38.6 Å². The van der Waals surface area contributed by atoms with Crippen molar-refractivity contribution in [3.63, 3.8) is 0 Å². The molecule has 2 aromatic rings. The topological polar surface area (TPSA) is 68.8 Å². The number of nitrogens with zero attached hydrogens (tertiary/aromatic N) is 2. The third-order valence-electron chi connectivity index (χ3n) is 4.27. The number of allylic oxidation sites excluding steroid dienone is 1. The van der Waals surface area contributed by atoms with Gasteiger partial charge in [0.25, 0.3) is 5.56 Å². The highest BCUT2D eigenvalue weighted by molar-refractivity contribution is 7.99. The lowest BCUT2D eigenvalue weighted by atomic mass is 10.2. The Balaban J connectivity index is 1.74. The Hall–Kier alpha value is -1.67. The van der Waals surface area contributed by atoms with Crippen LogP contribution in [0.4, 0.5) is 0 Å². The zero-order chi connectivity index (χ0) is 17.6. The molecule has 1 aromatic heterocycles. The van der Waals surface area contributed by atoms with Crippen molar-refractivity contribution >= 4 is 22.7 Å². The SMILES string of the molecule is C=CCn1c(SC[C@H](O)C[NH+]2CCOCC2)nc2ccccc2c1=O. The number of hydrogen-bond acceptors (Lipinski definition) is 5. The van der Waals surface area contributed by atoms with Crippen molar-refractivity contribution in [2.24, 2.45) is 0 Å². The number of aromatic nitrogens is 2. The van der Waals surface area contributed by atoms with Crippen molar-refractivity contribution in [2.45, 2.75) is 17.8 Å². The summed E-state index contributed by atoms with van der Waals surface area (Å²) >= 11 is 1.42. The monoisotopic (exact) mass is 362 g/mol. The van der Waals surface area contributed by atoms with Crippen LogP contribution in [-0.4, -0.2) is 59.4 Å². The van der Waals surface area contributed by atoms with E-state index < -0.39 is 6.10 Å². The molecule has 6 nitrogen and oxygen atoms in total. The Morgan fingerprint density at radius 1 is 1.40 bits per heavy atom. The van der Waals surface area contributed by atoms with E-state index in [1.54, 1.807) is 16.7 Å². The van der Waals surface area contributed by atoms with Crippen LogP contribution >= 0.6 is 11.8 Å². The molecule has 0 saturated carbocycles. The standard InChI is InChI=1S/C18H23N3O3S/c1-2-7-21-17(23)15-5-3-4-6-16(15)19-18(21)25-13-14(22)12-20-8-10-24-11-9-20/h2-6,14,22H,1,7-13H2/p+1/t14-/m1/s1. The van der Waals surface area contributed by atoms with Gasteiger partial charge in [-0.25, -0.2) is 4.98 Å². The van der Waals surface area contributed by atoms with Crippen LogP contribution in [0, 0.1) is 0 Å². The minimum absolute atomic E-state index is 0.0682. The van der Waals surface area contributed by atoms with E-state index in [-0.39, 0.29) is 5.56 Å². The van der Waals surface area contributed by atoms with Crippen molar-refractivity contribution in [1.29, 1.82) is 0 Å². The minimum atomic E-state index is -0.446. The average molecular weight is 362 g/mol. The van der Waals surface area contributed by atoms with Crippen molar-refractivity contribution in [3.05, 3.63) is 47.3 Å². The Kier molecular flexibility index (Phi) is 6.25. The molecule has 7 heteroatoms. The predicted octanol–water partition coefficient (Wildman–Crippen LogP) is -0.0494. The molecule has 0 bridgehead atoms. The molecule has 0 unspecified atom stereocenters. The van der Waals surface area contributed by atoms with Crippen LogP contribution in [0.5, 0.6) is 0 Å². The van der Waals surface area contributed by atoms with Gasteiger partial charge in [0, 0.05) is 12.3 Å². The first-order valence-electron chi connectivity index (χ1n) is 8.51. The van der Waals surface area contributed by atoms with E-state index in [4.69, 9.17) is 4.74 Å². The van der Waals surface area contributed by atoms with Gasteiger partial charge in [0.15, 0.2) is 5.16 Å². The van der Waals surface area contributed by atoms with Crippen LogP contribution in [-0.2, 0) is 11.3 Å². The fourth-order valence-electron chi connectivity index (χ4n) is 2.98. The Morgan fingerprint density at radius 3 is 2.92 bits per heavy atom. The fourth-order valence-corrected chi connectivity index (χ4v) is 3.91. The highest BCUT2D eigenvalue weighted by atomic mass is 32.2. The smallest absolute Gasteiger partial charge is 0.262 e. The number of rotatable bonds is 7. The zero-order valence-corrected chi connectivity index (χ0v) is 15.0. The van der Waals surface area contributed by atoms with Gasteiger partial charge in [0.2, 0.25) is 0 Å². The Morgan fingerprint density at radius 2 is 2.16 bits per heavy atom. The van der Waals surface area contributed by atoms with Crippen LogP contribution in [0.2, 0.25) is 0 Å². The lowest BCUT2D eigenvalue weighted by Gasteiger charge is -2.25. The summed E-state index contributed by atoms with van der Waals surface area (Å²) in [5.74, 6) is 0.506. The van der Waals surface area contributed by atoms with Crippen LogP contribution < -0.4 is 10.5 Å². The molecular formula is C18H24N3O3S+. The summed E-state index contributed by atoms with van der Waals surface area (Å²) in [6.07, 6.45) is 1.25. The molecule has 3 rings (SSSR count). The van der Waals surface area contributed by atoms with Gasteiger partial charge < -0.3 is 14.7 Å². The number of aliphatic hydroxyl groups is 1. The molecule has 1 saturated heterocycles. The molecule has 0 amide bonds. The quantitative estimate of drug-likeness (QED) is 0.411. The first-order valence-corrected chi connectivity index (χ1v) is 9.50. The number of ether oxygens (including phenoxy) is 1. The number of morpholine rings is 1. The molecule has 2 heterocycles. The number of benzene rings is 1. The predicted molar refractivity (Wildman–Crippen MR) is 99.3 cm³/mol. The third kappa shape index (κ3) is 4.49. The van der Waals surface area contributed by atoms with Gasteiger partial charge in [-0.05, 0) is 12.1 Å². The summed E-state index contributed by atoms with van der Waals surface area (Å²) in [4.78, 5) is 18.7. The molecule has 1 fully saturated rings. The van der Waals surface area contributed by atoms with Gasteiger partial charge in [-0.2, -0.15) is 0 Å². The van der Waals surface area contributed by atoms with Gasteiger partial charge in [-0.1, -0.05) is 30.0 Å². The zero-order valence-electron chi connectivity index (χ0n) is 14.2. The maximum atomic E-state index is 12.7. The van der Waals surface area contributed by atoms with Gasteiger partial charge in [0.1, 0.15) is 25.7 Å². The molecule has 0 aliphatic carbocycles. The molecule has 1 aliphatic rings. The maximum absolute atomic E-state index is 12.7. The van der Waals surface area contributed by atoms with E-state index in [1.807, 2.05) is 18.2 Å². The lowest BCUT2D eigenvalue weighted by Crippen LogP contribution is -3.15. The first-order chi connectivity index (χ1) is 12.2. The first kappa shape index (κ1) is 18.1. The number of fused-ring (bicyclic) bond motifs is 1. The highest BCUT2D eigenvalue weighted by Crippen LogP contribution is 2.18. The molecule has 2 N–H and O–H groups in total. The van der Waals surface area contributed by atoms with Gasteiger partial charge in [0.05, 0.1) is 24.1 Å². The summed E-state index contributed by atoms with van der Waals surface area (Å²) in [6.45, 7) is 8.18. The molecule has 25 heavy (non-hydrogen) atoms. The molecule has 134 valence electrons.